The summed E-state index contributed by atoms with van der Waals surface area (Å²) in [5.41, 5.74) is 4.72. The van der Waals surface area contributed by atoms with Crippen LogP contribution in [0.15, 0.2) is 48.5 Å². The van der Waals surface area contributed by atoms with Crippen LogP contribution < -0.4 is 0 Å². The van der Waals surface area contributed by atoms with Crippen LogP contribution in [0.5, 0.6) is 0 Å². The average Bonchev–Trinajstić information content (AvgIpc) is 3.63. The molecule has 1 heterocycles. The van der Waals surface area contributed by atoms with Gasteiger partial charge >= 0.3 is 0 Å². The second-order valence-electron chi connectivity index (χ2n) is 12.6. The number of Topliss-reactive ketones (excluding diaryl/α,β-unsaturated/α-hetero) is 1. The molecule has 0 aliphatic heterocycles. The van der Waals surface area contributed by atoms with Gasteiger partial charge in [0.15, 0.2) is 0 Å². The normalized spacial score (nSPS) is 19.7. The molecule has 0 N–H and O–H groups in total. The second-order valence-corrected chi connectivity index (χ2v) is 12.6. The molecule has 5 heteroatoms. The van der Waals surface area contributed by atoms with E-state index in [4.69, 9.17) is 14.9 Å². The Bertz CT molecular complexity index is 1240. The van der Waals surface area contributed by atoms with Crippen molar-refractivity contribution in [2.75, 3.05) is 6.61 Å². The third-order valence-corrected chi connectivity index (χ3v) is 8.51. The first-order valence-electron chi connectivity index (χ1n) is 15.0. The Morgan fingerprint density at radius 3 is 2.51 bits per heavy atom. The van der Waals surface area contributed by atoms with Gasteiger partial charge in [0.05, 0.1) is 6.61 Å². The van der Waals surface area contributed by atoms with Crippen LogP contribution in [-0.4, -0.2) is 27.2 Å². The molecule has 2 aromatic carbocycles. The SMILES string of the molecule is Cc1ccc(CC(=O)C[C@H](CCOCc2ccccc2)c2nnc(C3CC(CC(C)C)C3)n2C2CC2)c(C)c1. The van der Waals surface area contributed by atoms with Gasteiger partial charge in [-0.3, -0.25) is 4.79 Å². The Morgan fingerprint density at radius 2 is 1.82 bits per heavy atom. The first-order valence-corrected chi connectivity index (χ1v) is 15.0. The van der Waals surface area contributed by atoms with Gasteiger partial charge in [0.2, 0.25) is 0 Å². The standard InChI is InChI=1S/C34H45N3O2/c1-23(2)16-27-18-30(19-27)34-36-35-33(37(34)31-12-13-31)29(14-15-39-22-26-8-6-5-7-9-26)21-32(38)20-28-11-10-24(3)17-25(28)4/h5-11,17,23,27,29-31H,12-16,18-22H2,1-4H3/t27?,29-,30?/m0/s1. The maximum absolute atomic E-state index is 13.4. The topological polar surface area (TPSA) is 57.0 Å². The number of aryl methyl sites for hydroxylation is 2. The fourth-order valence-electron chi connectivity index (χ4n) is 6.30. The van der Waals surface area contributed by atoms with Gasteiger partial charge in [0, 0.05) is 37.3 Å². The number of ketones is 1. The molecule has 1 atom stereocenters. The summed E-state index contributed by atoms with van der Waals surface area (Å²) in [6, 6.07) is 17.2. The van der Waals surface area contributed by atoms with E-state index in [0.717, 1.165) is 29.6 Å². The molecule has 0 spiro atoms. The smallest absolute Gasteiger partial charge is 0.138 e. The Hall–Kier alpha value is -2.79. The zero-order chi connectivity index (χ0) is 27.4. The van der Waals surface area contributed by atoms with Crippen LogP contribution in [-0.2, 0) is 22.6 Å². The van der Waals surface area contributed by atoms with Crippen LogP contribution >= 0.6 is 0 Å². The molecule has 3 aromatic rings. The molecule has 39 heavy (non-hydrogen) atoms. The van der Waals surface area contributed by atoms with Crippen molar-refractivity contribution in [3.05, 3.63) is 82.4 Å². The number of benzene rings is 2. The quantitative estimate of drug-likeness (QED) is 0.202. The molecule has 5 nitrogen and oxygen atoms in total. The van der Waals surface area contributed by atoms with Crippen molar-refractivity contribution in [2.45, 2.75) is 104 Å². The number of ether oxygens (including phenoxy) is 1. The molecule has 0 radical (unpaired) electrons. The third-order valence-electron chi connectivity index (χ3n) is 8.51. The summed E-state index contributed by atoms with van der Waals surface area (Å²) in [5, 5.41) is 9.58. The first kappa shape index (κ1) is 27.8. The lowest BCUT2D eigenvalue weighted by atomic mass is 9.71. The second kappa shape index (κ2) is 12.6. The summed E-state index contributed by atoms with van der Waals surface area (Å²) in [6.07, 6.45) is 7.85. The van der Waals surface area contributed by atoms with Crippen molar-refractivity contribution in [1.29, 1.82) is 0 Å². The van der Waals surface area contributed by atoms with Crippen molar-refractivity contribution >= 4 is 5.78 Å². The summed E-state index contributed by atoms with van der Waals surface area (Å²) in [5.74, 6) is 4.54. The van der Waals surface area contributed by atoms with Crippen LogP contribution in [0.4, 0.5) is 0 Å². The summed E-state index contributed by atoms with van der Waals surface area (Å²) in [6.45, 7) is 10.0. The van der Waals surface area contributed by atoms with E-state index < -0.39 is 0 Å². The van der Waals surface area contributed by atoms with Gasteiger partial charge in [0.25, 0.3) is 0 Å². The van der Waals surface area contributed by atoms with Gasteiger partial charge in [0.1, 0.15) is 17.4 Å². The molecule has 2 saturated carbocycles. The monoisotopic (exact) mass is 527 g/mol. The lowest BCUT2D eigenvalue weighted by Gasteiger charge is -2.36. The zero-order valence-electron chi connectivity index (χ0n) is 24.2. The van der Waals surface area contributed by atoms with Gasteiger partial charge in [-0.15, -0.1) is 10.2 Å². The van der Waals surface area contributed by atoms with E-state index in [2.05, 4.69) is 62.6 Å². The Balaban J connectivity index is 1.31. The van der Waals surface area contributed by atoms with Crippen LogP contribution in [0.3, 0.4) is 0 Å². The van der Waals surface area contributed by atoms with Crippen LogP contribution in [0, 0.1) is 25.7 Å². The number of rotatable bonds is 14. The molecule has 0 unspecified atom stereocenters. The van der Waals surface area contributed by atoms with Crippen molar-refractivity contribution in [3.8, 4) is 0 Å². The number of aromatic nitrogens is 3. The fraction of sp³-hybridized carbons (Fsp3) is 0.559. The van der Waals surface area contributed by atoms with E-state index in [9.17, 15) is 4.79 Å². The highest BCUT2D eigenvalue weighted by atomic mass is 16.5. The van der Waals surface area contributed by atoms with Gasteiger partial charge in [-0.1, -0.05) is 67.9 Å². The van der Waals surface area contributed by atoms with E-state index in [1.165, 1.54) is 54.6 Å². The molecule has 0 amide bonds. The minimum absolute atomic E-state index is 0.0208. The van der Waals surface area contributed by atoms with E-state index in [1.54, 1.807) is 0 Å². The van der Waals surface area contributed by atoms with Gasteiger partial charge < -0.3 is 9.30 Å². The number of carbonyl (C=O) groups is 1. The molecule has 2 aliphatic rings. The van der Waals surface area contributed by atoms with Crippen molar-refractivity contribution in [3.63, 3.8) is 0 Å². The van der Waals surface area contributed by atoms with E-state index in [-0.39, 0.29) is 11.7 Å². The number of hydrogen-bond acceptors (Lipinski definition) is 4. The average molecular weight is 528 g/mol. The van der Waals surface area contributed by atoms with Crippen molar-refractivity contribution < 1.29 is 9.53 Å². The molecule has 208 valence electrons. The minimum Gasteiger partial charge on any atom is -0.377 e. The van der Waals surface area contributed by atoms with Crippen molar-refractivity contribution in [1.82, 2.24) is 14.8 Å². The molecule has 2 aliphatic carbocycles. The highest BCUT2D eigenvalue weighted by Crippen LogP contribution is 2.48. The van der Waals surface area contributed by atoms with E-state index in [1.807, 2.05) is 18.2 Å². The van der Waals surface area contributed by atoms with E-state index in [0.29, 0.717) is 38.0 Å². The number of nitrogens with zero attached hydrogens (tertiary/aromatic N) is 3. The summed E-state index contributed by atoms with van der Waals surface area (Å²) < 4.78 is 8.54. The van der Waals surface area contributed by atoms with Gasteiger partial charge in [-0.05, 0) is 80.9 Å². The summed E-state index contributed by atoms with van der Waals surface area (Å²) in [4.78, 5) is 13.4. The van der Waals surface area contributed by atoms with E-state index >= 15 is 0 Å². The lowest BCUT2D eigenvalue weighted by Crippen LogP contribution is -2.26. The molecule has 1 aromatic heterocycles. The molecule has 2 fully saturated rings. The first-order chi connectivity index (χ1) is 18.9. The highest BCUT2D eigenvalue weighted by Gasteiger charge is 2.39. The summed E-state index contributed by atoms with van der Waals surface area (Å²) in [7, 11) is 0. The molecular formula is C34H45N3O2. The van der Waals surface area contributed by atoms with Crippen molar-refractivity contribution in [2.24, 2.45) is 11.8 Å². The van der Waals surface area contributed by atoms with Crippen LogP contribution in [0.2, 0.25) is 0 Å². The Labute approximate surface area is 234 Å². The number of carbonyl (C=O) groups excluding carboxylic acids is 1. The molecule has 0 bridgehead atoms. The maximum atomic E-state index is 13.4. The van der Waals surface area contributed by atoms with Gasteiger partial charge in [-0.25, -0.2) is 0 Å². The fourth-order valence-corrected chi connectivity index (χ4v) is 6.30. The van der Waals surface area contributed by atoms with Gasteiger partial charge in [-0.2, -0.15) is 0 Å². The largest absolute Gasteiger partial charge is 0.377 e. The maximum Gasteiger partial charge on any atom is 0.138 e. The predicted molar refractivity (Wildman–Crippen MR) is 156 cm³/mol. The lowest BCUT2D eigenvalue weighted by molar-refractivity contribution is -0.119. The Morgan fingerprint density at radius 1 is 1.05 bits per heavy atom. The molecular weight excluding hydrogens is 482 g/mol. The highest BCUT2D eigenvalue weighted by molar-refractivity contribution is 5.82. The number of hydrogen-bond donors (Lipinski definition) is 0. The molecule has 5 rings (SSSR count). The third kappa shape index (κ3) is 7.25. The Kier molecular flexibility index (Phi) is 8.96. The molecule has 0 saturated heterocycles. The minimum atomic E-state index is 0.0208. The predicted octanol–water partition coefficient (Wildman–Crippen LogP) is 7.66. The van der Waals surface area contributed by atoms with Crippen LogP contribution in [0.1, 0.15) is 111 Å². The summed E-state index contributed by atoms with van der Waals surface area (Å²) >= 11 is 0. The van der Waals surface area contributed by atoms with Crippen LogP contribution in [0.25, 0.3) is 0 Å². The zero-order valence-corrected chi connectivity index (χ0v) is 24.2.